The number of carbonyl (C=O) groups excluding carboxylic acids is 1. The Bertz CT molecular complexity index is 252. The van der Waals surface area contributed by atoms with Crippen LogP contribution in [0.2, 0.25) is 0 Å². The Morgan fingerprint density at radius 1 is 1.71 bits per heavy atom. The third-order valence-corrected chi connectivity index (χ3v) is 2.71. The summed E-state index contributed by atoms with van der Waals surface area (Å²) in [7, 11) is 0. The van der Waals surface area contributed by atoms with Crippen LogP contribution in [0.15, 0.2) is 0 Å². The van der Waals surface area contributed by atoms with E-state index in [2.05, 4.69) is 0 Å². The minimum Gasteiger partial charge on any atom is -0.448 e. The highest BCUT2D eigenvalue weighted by Gasteiger charge is 2.26. The number of amides is 1. The van der Waals surface area contributed by atoms with Gasteiger partial charge >= 0.3 is 6.09 Å². The third-order valence-electron chi connectivity index (χ3n) is 2.71. The Kier molecular flexibility index (Phi) is 7.86. The first-order valence-corrected chi connectivity index (χ1v) is 5.64. The van der Waals surface area contributed by atoms with Gasteiger partial charge in [-0.25, -0.2) is 9.80 Å². The molecule has 0 saturated carbocycles. The predicted molar refractivity (Wildman–Crippen MR) is 68.2 cm³/mol. The zero-order chi connectivity index (χ0) is 12.0. The maximum Gasteiger partial charge on any atom is 0.430 e. The van der Waals surface area contributed by atoms with Crippen molar-refractivity contribution >= 4 is 24.8 Å². The van der Waals surface area contributed by atoms with Crippen LogP contribution < -0.4 is 5.73 Å². The van der Waals surface area contributed by atoms with E-state index in [1.54, 1.807) is 6.92 Å². The summed E-state index contributed by atoms with van der Waals surface area (Å²) in [5, 5.41) is 10.3. The molecular weight excluding hydrogens is 244 g/mol. The molecule has 0 aromatic carbocycles. The van der Waals surface area contributed by atoms with Crippen molar-refractivity contribution in [3.8, 4) is 0 Å². The maximum absolute atomic E-state index is 11.5. The Labute approximate surface area is 108 Å². The number of rotatable bonds is 4. The summed E-state index contributed by atoms with van der Waals surface area (Å²) < 4.78 is 4.88. The van der Waals surface area contributed by atoms with E-state index >= 15 is 0 Å². The van der Waals surface area contributed by atoms with Gasteiger partial charge in [0.05, 0.1) is 6.61 Å². The molecule has 1 aliphatic heterocycles. The Morgan fingerprint density at radius 2 is 2.41 bits per heavy atom. The molecule has 0 radical (unpaired) electrons. The van der Waals surface area contributed by atoms with Gasteiger partial charge < -0.3 is 10.5 Å². The topological polar surface area (TPSA) is 82.7 Å². The van der Waals surface area contributed by atoms with E-state index in [1.807, 2.05) is 5.01 Å². The molecule has 0 spiro atoms. The Balaban J connectivity index is 0.00000256. The van der Waals surface area contributed by atoms with E-state index in [0.29, 0.717) is 25.6 Å². The molecule has 1 saturated heterocycles. The van der Waals surface area contributed by atoms with E-state index in [-0.39, 0.29) is 12.4 Å². The number of ether oxygens (including phenoxy) is 1. The molecule has 1 heterocycles. The zero-order valence-electron chi connectivity index (χ0n) is 10.1. The molecular formula is C10H21ClN4O2. The van der Waals surface area contributed by atoms with Crippen LogP contribution in [0.25, 0.3) is 0 Å². The zero-order valence-corrected chi connectivity index (χ0v) is 10.9. The summed E-state index contributed by atoms with van der Waals surface area (Å²) in [4.78, 5) is 11.5. The highest BCUT2D eigenvalue weighted by molar-refractivity contribution is 5.85. The predicted octanol–water partition coefficient (Wildman–Crippen LogP) is 1.06. The van der Waals surface area contributed by atoms with Crippen LogP contribution in [-0.4, -0.2) is 48.7 Å². The average Bonchev–Trinajstić information content (AvgIpc) is 2.31. The van der Waals surface area contributed by atoms with Crippen LogP contribution in [0.5, 0.6) is 0 Å². The first-order chi connectivity index (χ1) is 7.72. The molecule has 1 aliphatic rings. The van der Waals surface area contributed by atoms with Crippen LogP contribution in [0.1, 0.15) is 19.8 Å². The lowest BCUT2D eigenvalue weighted by Gasteiger charge is -2.36. The first-order valence-electron chi connectivity index (χ1n) is 5.64. The number of halogens is 1. The summed E-state index contributed by atoms with van der Waals surface area (Å²) in [6, 6.07) is 0. The van der Waals surface area contributed by atoms with Crippen molar-refractivity contribution in [2.45, 2.75) is 19.8 Å². The van der Waals surface area contributed by atoms with Crippen molar-refractivity contribution in [3.05, 3.63) is 0 Å². The van der Waals surface area contributed by atoms with Crippen molar-refractivity contribution < 1.29 is 9.53 Å². The summed E-state index contributed by atoms with van der Waals surface area (Å²) >= 11 is 0. The highest BCUT2D eigenvalue weighted by Crippen LogP contribution is 2.16. The minimum atomic E-state index is -0.491. The van der Waals surface area contributed by atoms with Crippen LogP contribution in [0, 0.1) is 11.3 Å². The molecule has 1 unspecified atom stereocenters. The minimum absolute atomic E-state index is 0. The molecule has 3 N–H and O–H groups in total. The molecule has 0 bridgehead atoms. The average molecular weight is 265 g/mol. The molecule has 1 amide bonds. The van der Waals surface area contributed by atoms with Crippen LogP contribution in [0.3, 0.4) is 0 Å². The van der Waals surface area contributed by atoms with Gasteiger partial charge in [0.2, 0.25) is 0 Å². The lowest BCUT2D eigenvalue weighted by molar-refractivity contribution is 0.00430. The molecule has 100 valence electrons. The van der Waals surface area contributed by atoms with Gasteiger partial charge in [-0.2, -0.15) is 5.01 Å². The maximum atomic E-state index is 11.5. The highest BCUT2D eigenvalue weighted by atomic mass is 35.5. The SMILES string of the molecule is CCOC(=O)N(C=N)N1CCCC(CN)C1.Cl. The summed E-state index contributed by atoms with van der Waals surface area (Å²) in [5.41, 5.74) is 5.62. The van der Waals surface area contributed by atoms with Gasteiger partial charge in [0, 0.05) is 13.1 Å². The molecule has 0 aliphatic carbocycles. The largest absolute Gasteiger partial charge is 0.448 e. The van der Waals surface area contributed by atoms with Crippen molar-refractivity contribution in [3.63, 3.8) is 0 Å². The van der Waals surface area contributed by atoms with Gasteiger partial charge in [0.15, 0.2) is 0 Å². The van der Waals surface area contributed by atoms with Gasteiger partial charge in [-0.15, -0.1) is 12.4 Å². The Hall–Kier alpha value is -0.850. The van der Waals surface area contributed by atoms with E-state index in [0.717, 1.165) is 25.7 Å². The standard InChI is InChI=1S/C10H20N4O2.ClH/c1-2-16-10(15)14(8-12)13-5-3-4-9(6-11)7-13;/h8-9,12H,2-7,11H2,1H3;1H. The second kappa shape index (κ2) is 8.27. The monoisotopic (exact) mass is 264 g/mol. The molecule has 1 atom stereocenters. The summed E-state index contributed by atoms with van der Waals surface area (Å²) in [6.45, 7) is 4.16. The molecule has 17 heavy (non-hydrogen) atoms. The second-order valence-corrected chi connectivity index (χ2v) is 3.83. The Morgan fingerprint density at radius 3 is 2.94 bits per heavy atom. The van der Waals surface area contributed by atoms with Gasteiger partial charge in [-0.05, 0) is 32.2 Å². The van der Waals surface area contributed by atoms with Gasteiger partial charge in [-0.1, -0.05) is 0 Å². The van der Waals surface area contributed by atoms with Gasteiger partial charge in [-0.3, -0.25) is 5.41 Å². The van der Waals surface area contributed by atoms with Gasteiger partial charge in [0.25, 0.3) is 0 Å². The molecule has 6 nitrogen and oxygen atoms in total. The lowest BCUT2D eigenvalue weighted by Crippen LogP contribution is -2.51. The number of hydrazine groups is 1. The van der Waals surface area contributed by atoms with Crippen LogP contribution in [0.4, 0.5) is 4.79 Å². The number of nitrogens with two attached hydrogens (primary N) is 1. The second-order valence-electron chi connectivity index (χ2n) is 3.83. The smallest absolute Gasteiger partial charge is 0.430 e. The normalized spacial score (nSPS) is 20.2. The van der Waals surface area contributed by atoms with E-state index < -0.39 is 6.09 Å². The number of carbonyl (C=O) groups is 1. The number of nitrogens with zero attached hydrogens (tertiary/aromatic N) is 2. The lowest BCUT2D eigenvalue weighted by atomic mass is 9.99. The fourth-order valence-corrected chi connectivity index (χ4v) is 1.87. The quantitative estimate of drug-likeness (QED) is 0.588. The molecule has 0 aromatic heterocycles. The molecule has 7 heteroatoms. The fraction of sp³-hybridized carbons (Fsp3) is 0.800. The number of hydrogen-bond donors (Lipinski definition) is 2. The van der Waals surface area contributed by atoms with Crippen molar-refractivity contribution in [1.82, 2.24) is 10.0 Å². The van der Waals surface area contributed by atoms with Crippen LogP contribution >= 0.6 is 12.4 Å². The van der Waals surface area contributed by atoms with Gasteiger partial charge in [0.1, 0.15) is 6.34 Å². The third kappa shape index (κ3) is 4.49. The number of nitrogens with one attached hydrogen (secondary N) is 1. The number of piperidine rings is 1. The molecule has 1 fully saturated rings. The van der Waals surface area contributed by atoms with Crippen molar-refractivity contribution in [2.75, 3.05) is 26.2 Å². The fourth-order valence-electron chi connectivity index (χ4n) is 1.87. The van der Waals surface area contributed by atoms with E-state index in [4.69, 9.17) is 15.9 Å². The summed E-state index contributed by atoms with van der Waals surface area (Å²) in [5.74, 6) is 0.394. The first kappa shape index (κ1) is 16.1. The number of hydrogen-bond acceptors (Lipinski definition) is 5. The van der Waals surface area contributed by atoms with E-state index in [9.17, 15) is 4.79 Å². The summed E-state index contributed by atoms with van der Waals surface area (Å²) in [6.07, 6.45) is 2.58. The van der Waals surface area contributed by atoms with Crippen molar-refractivity contribution in [2.24, 2.45) is 11.7 Å². The van der Waals surface area contributed by atoms with Crippen molar-refractivity contribution in [1.29, 1.82) is 5.41 Å². The molecule has 1 rings (SSSR count). The van der Waals surface area contributed by atoms with E-state index in [1.165, 1.54) is 5.01 Å². The van der Waals surface area contributed by atoms with Crippen LogP contribution in [-0.2, 0) is 4.74 Å². The molecule has 0 aromatic rings.